The SMILES string of the molecule is [2H]C1=[N+]([O-])C(C)(P(=O)(OCC)OCC)CC1([2H])[2H]. The fraction of sp³-hybridized carbons (Fsp3) is 0.889. The van der Waals surface area contributed by atoms with E-state index in [4.69, 9.17) is 13.2 Å². The van der Waals surface area contributed by atoms with Crippen LogP contribution < -0.4 is 0 Å². The third-order valence-corrected chi connectivity index (χ3v) is 4.95. The lowest BCUT2D eigenvalue weighted by Gasteiger charge is -2.30. The fourth-order valence-electron chi connectivity index (χ4n) is 1.33. The van der Waals surface area contributed by atoms with Gasteiger partial charge in [-0.2, -0.15) is 4.74 Å². The molecular formula is C9H18NO4P. The quantitative estimate of drug-likeness (QED) is 0.419. The van der Waals surface area contributed by atoms with E-state index in [0.717, 1.165) is 0 Å². The molecule has 1 unspecified atom stereocenters. The molecule has 0 fully saturated rings. The van der Waals surface area contributed by atoms with Crippen LogP contribution in [0, 0.1) is 5.21 Å². The van der Waals surface area contributed by atoms with Gasteiger partial charge in [0.2, 0.25) is 0 Å². The molecule has 1 heterocycles. The number of rotatable bonds is 5. The van der Waals surface area contributed by atoms with Gasteiger partial charge in [0.05, 0.1) is 13.2 Å². The molecule has 0 saturated carbocycles. The van der Waals surface area contributed by atoms with Gasteiger partial charge in [-0.3, -0.25) is 4.57 Å². The predicted octanol–water partition coefficient (Wildman–Crippen LogP) is 2.34. The van der Waals surface area contributed by atoms with Gasteiger partial charge in [-0.05, 0) is 13.8 Å². The Morgan fingerprint density at radius 1 is 1.67 bits per heavy atom. The van der Waals surface area contributed by atoms with Gasteiger partial charge >= 0.3 is 7.60 Å². The molecule has 0 aromatic heterocycles. The molecule has 1 aliphatic rings. The van der Waals surface area contributed by atoms with Crippen molar-refractivity contribution in [1.29, 1.82) is 0 Å². The Morgan fingerprint density at radius 2 is 2.20 bits per heavy atom. The Morgan fingerprint density at radius 3 is 2.53 bits per heavy atom. The number of hydrogen-bond acceptors (Lipinski definition) is 4. The fourth-order valence-corrected chi connectivity index (χ4v) is 3.19. The molecule has 0 spiro atoms. The van der Waals surface area contributed by atoms with Gasteiger partial charge < -0.3 is 14.3 Å². The van der Waals surface area contributed by atoms with E-state index < -0.39 is 25.4 Å². The number of hydrogen-bond donors (Lipinski definition) is 0. The van der Waals surface area contributed by atoms with Crippen LogP contribution in [-0.4, -0.2) is 29.4 Å². The molecule has 0 aromatic rings. The number of nitrogens with zero attached hydrogens (tertiary/aromatic N) is 1. The van der Waals surface area contributed by atoms with E-state index in [9.17, 15) is 9.77 Å². The summed E-state index contributed by atoms with van der Waals surface area (Å²) >= 11 is 0. The minimum Gasteiger partial charge on any atom is -0.623 e. The first kappa shape index (κ1) is 8.74. The van der Waals surface area contributed by atoms with Crippen LogP contribution in [-0.2, 0) is 13.6 Å². The molecule has 6 heteroatoms. The van der Waals surface area contributed by atoms with Gasteiger partial charge in [-0.25, -0.2) is 0 Å². The Bertz CT molecular complexity index is 405. The first-order valence-electron chi connectivity index (χ1n) is 6.35. The van der Waals surface area contributed by atoms with Crippen LogP contribution >= 0.6 is 7.60 Å². The van der Waals surface area contributed by atoms with Gasteiger partial charge in [0.1, 0.15) is 1.37 Å². The van der Waals surface area contributed by atoms with Crippen LogP contribution in [0.15, 0.2) is 0 Å². The predicted molar refractivity (Wildman–Crippen MR) is 58.2 cm³/mol. The summed E-state index contributed by atoms with van der Waals surface area (Å²) in [5.74, 6) is 0. The van der Waals surface area contributed by atoms with Crippen LogP contribution in [0.5, 0.6) is 0 Å². The van der Waals surface area contributed by atoms with Crippen molar-refractivity contribution in [3.05, 3.63) is 5.21 Å². The molecule has 0 N–H and O–H groups in total. The van der Waals surface area contributed by atoms with Crippen molar-refractivity contribution in [1.82, 2.24) is 0 Å². The molecule has 1 aliphatic heterocycles. The number of hydroxylamine groups is 1. The van der Waals surface area contributed by atoms with Crippen molar-refractivity contribution in [2.24, 2.45) is 0 Å². The molecule has 0 saturated heterocycles. The molecule has 0 aromatic carbocycles. The Labute approximate surface area is 94.4 Å². The minimum atomic E-state index is -3.82. The average Bonchev–Trinajstić information content (AvgIpc) is 2.41. The van der Waals surface area contributed by atoms with E-state index in [1.54, 1.807) is 13.8 Å². The zero-order chi connectivity index (χ0) is 14.2. The van der Waals surface area contributed by atoms with Crippen molar-refractivity contribution < 1.29 is 22.5 Å². The largest absolute Gasteiger partial charge is 0.623 e. The van der Waals surface area contributed by atoms with Crippen molar-refractivity contribution in [3.63, 3.8) is 0 Å². The van der Waals surface area contributed by atoms with E-state index in [0.29, 0.717) is 0 Å². The highest BCUT2D eigenvalue weighted by Crippen LogP contribution is 2.62. The van der Waals surface area contributed by atoms with E-state index in [-0.39, 0.29) is 24.4 Å². The van der Waals surface area contributed by atoms with Crippen molar-refractivity contribution >= 4 is 13.8 Å². The van der Waals surface area contributed by atoms with Gasteiger partial charge in [0.25, 0.3) is 5.28 Å². The van der Waals surface area contributed by atoms with Crippen LogP contribution in [0.3, 0.4) is 0 Å². The second-order valence-electron chi connectivity index (χ2n) is 3.31. The zero-order valence-electron chi connectivity index (χ0n) is 12.1. The lowest BCUT2D eigenvalue weighted by atomic mass is 10.2. The molecule has 1 rings (SSSR count). The maximum atomic E-state index is 12.6. The maximum absolute atomic E-state index is 12.6. The summed E-state index contributed by atoms with van der Waals surface area (Å²) in [6.07, 6.45) is -3.26. The van der Waals surface area contributed by atoms with Crippen LogP contribution in [0.2, 0.25) is 0 Å². The topological polar surface area (TPSA) is 61.6 Å². The normalized spacial score (nSPS) is 33.7. The van der Waals surface area contributed by atoms with Crippen molar-refractivity contribution in [3.8, 4) is 0 Å². The van der Waals surface area contributed by atoms with Gasteiger partial charge in [-0.1, -0.05) is 0 Å². The zero-order valence-corrected chi connectivity index (χ0v) is 10.0. The Kier molecular flexibility index (Phi) is 2.70. The molecule has 0 aliphatic carbocycles. The lowest BCUT2D eigenvalue weighted by molar-refractivity contribution is -0.506. The second kappa shape index (κ2) is 4.64. The van der Waals surface area contributed by atoms with E-state index in [1.807, 2.05) is 0 Å². The molecule has 0 radical (unpaired) electrons. The summed E-state index contributed by atoms with van der Waals surface area (Å²) in [6, 6.07) is 0. The smallest absolute Gasteiger partial charge is 0.401 e. The van der Waals surface area contributed by atoms with Crippen LogP contribution in [0.1, 0.15) is 37.7 Å². The summed E-state index contributed by atoms with van der Waals surface area (Å²) in [5.41, 5.74) is 0. The maximum Gasteiger partial charge on any atom is 0.401 e. The average molecular weight is 238 g/mol. The third kappa shape index (κ3) is 2.10. The highest BCUT2D eigenvalue weighted by Gasteiger charge is 2.56. The first-order valence-corrected chi connectivity index (χ1v) is 6.39. The Hall–Kier alpha value is -0.380. The van der Waals surface area contributed by atoms with E-state index >= 15 is 0 Å². The van der Waals surface area contributed by atoms with Crippen molar-refractivity contribution in [2.45, 2.75) is 38.8 Å². The molecule has 0 bridgehead atoms. The van der Waals surface area contributed by atoms with Crippen molar-refractivity contribution in [2.75, 3.05) is 13.2 Å². The molecule has 88 valence electrons. The molecular weight excluding hydrogens is 217 g/mol. The van der Waals surface area contributed by atoms with Crippen LogP contribution in [0.4, 0.5) is 0 Å². The summed E-state index contributed by atoms with van der Waals surface area (Å²) in [5, 5.41) is 10.3. The van der Waals surface area contributed by atoms with Gasteiger partial charge in [-0.15, -0.1) is 0 Å². The Balaban J connectivity index is 3.26. The summed E-state index contributed by atoms with van der Waals surface area (Å²) in [7, 11) is -3.82. The second-order valence-corrected chi connectivity index (χ2v) is 5.78. The molecule has 1 atom stereocenters. The highest BCUT2D eigenvalue weighted by atomic mass is 31.2. The summed E-state index contributed by atoms with van der Waals surface area (Å²) in [4.78, 5) is 0. The summed E-state index contributed by atoms with van der Waals surface area (Å²) < 4.78 is 45.6. The van der Waals surface area contributed by atoms with Crippen LogP contribution in [0.25, 0.3) is 0 Å². The molecule has 15 heavy (non-hydrogen) atoms. The van der Waals surface area contributed by atoms with E-state index in [1.165, 1.54) is 6.92 Å². The van der Waals surface area contributed by atoms with E-state index in [2.05, 4.69) is 0 Å². The summed E-state index contributed by atoms with van der Waals surface area (Å²) in [6.45, 7) is 4.69. The highest BCUT2D eigenvalue weighted by molar-refractivity contribution is 7.55. The van der Waals surface area contributed by atoms with Gasteiger partial charge in [0.15, 0.2) is 6.19 Å². The van der Waals surface area contributed by atoms with Gasteiger partial charge in [0, 0.05) is 22.5 Å². The first-order chi connectivity index (χ1) is 8.14. The third-order valence-electron chi connectivity index (χ3n) is 2.23. The lowest BCUT2D eigenvalue weighted by Crippen LogP contribution is -2.33. The monoisotopic (exact) mass is 238 g/mol. The molecule has 0 amide bonds. The standard InChI is InChI=1S/C9H18NO4P/c1-4-13-15(12,14-5-2)9(3)7-6-8-10(9)11/h8H,4-7H2,1-3H3/i6D2,8D. The minimum absolute atomic E-state index is 0.0804. The molecule has 5 nitrogen and oxygen atoms in total.